The van der Waals surface area contributed by atoms with Crippen LogP contribution in [0.5, 0.6) is 0 Å². The fourth-order valence-electron chi connectivity index (χ4n) is 2.08. The maximum Gasteiger partial charge on any atom is 0.321 e. The van der Waals surface area contributed by atoms with Gasteiger partial charge in [0.1, 0.15) is 0 Å². The van der Waals surface area contributed by atoms with Crippen molar-refractivity contribution in [3.05, 3.63) is 45.4 Å². The zero-order valence-corrected chi connectivity index (χ0v) is 15.6. The van der Waals surface area contributed by atoms with Crippen LogP contribution in [0.2, 0.25) is 0 Å². The zero-order valence-electron chi connectivity index (χ0n) is 13.2. The molecule has 7 heteroatoms. The van der Waals surface area contributed by atoms with Gasteiger partial charge in [-0.15, -0.1) is 11.3 Å². The Morgan fingerprint density at radius 1 is 1.35 bits per heavy atom. The number of aromatic nitrogens is 1. The summed E-state index contributed by atoms with van der Waals surface area (Å²) < 4.78 is 1.05. The molecule has 4 N–H and O–H groups in total. The van der Waals surface area contributed by atoms with Gasteiger partial charge in [0.15, 0.2) is 5.13 Å². The van der Waals surface area contributed by atoms with Crippen molar-refractivity contribution < 1.29 is 4.79 Å². The van der Waals surface area contributed by atoms with E-state index in [0.717, 1.165) is 16.6 Å². The second-order valence-corrected chi connectivity index (χ2v) is 7.47. The lowest BCUT2D eigenvalue weighted by Crippen LogP contribution is -2.30. The summed E-state index contributed by atoms with van der Waals surface area (Å²) in [6.07, 6.45) is 0.757. The SMILES string of the molecule is CC(C)(c1ccc(Br)cc1)c1csc(NC(=O)NCCCN)n1. The third-order valence-electron chi connectivity index (χ3n) is 3.60. The highest BCUT2D eigenvalue weighted by Crippen LogP contribution is 2.33. The summed E-state index contributed by atoms with van der Waals surface area (Å²) in [5.41, 5.74) is 7.27. The van der Waals surface area contributed by atoms with Crippen LogP contribution in [0.3, 0.4) is 0 Å². The molecule has 0 unspecified atom stereocenters. The first-order chi connectivity index (χ1) is 10.9. The number of nitrogens with two attached hydrogens (primary N) is 1. The molecule has 0 fully saturated rings. The maximum atomic E-state index is 11.8. The number of nitrogens with one attached hydrogen (secondary N) is 2. The highest BCUT2D eigenvalue weighted by atomic mass is 79.9. The molecule has 124 valence electrons. The Kier molecular flexibility index (Phi) is 6.15. The van der Waals surface area contributed by atoms with Crippen LogP contribution >= 0.6 is 27.3 Å². The fourth-order valence-corrected chi connectivity index (χ4v) is 3.22. The summed E-state index contributed by atoms with van der Waals surface area (Å²) >= 11 is 4.87. The molecule has 5 nitrogen and oxygen atoms in total. The summed E-state index contributed by atoms with van der Waals surface area (Å²) in [5, 5.41) is 8.09. The molecular formula is C16H21BrN4OS. The first-order valence-corrected chi connectivity index (χ1v) is 9.07. The normalized spacial score (nSPS) is 11.3. The van der Waals surface area contributed by atoms with E-state index in [-0.39, 0.29) is 11.4 Å². The number of thiazole rings is 1. The molecular weight excluding hydrogens is 376 g/mol. The Hall–Kier alpha value is -1.44. The van der Waals surface area contributed by atoms with Gasteiger partial charge >= 0.3 is 6.03 Å². The first-order valence-electron chi connectivity index (χ1n) is 7.40. The average Bonchev–Trinajstić information content (AvgIpc) is 2.97. The highest BCUT2D eigenvalue weighted by Gasteiger charge is 2.26. The molecule has 2 amide bonds. The van der Waals surface area contributed by atoms with Gasteiger partial charge in [-0.3, -0.25) is 5.32 Å². The van der Waals surface area contributed by atoms with Crippen LogP contribution in [0.25, 0.3) is 0 Å². The Labute approximate surface area is 148 Å². The highest BCUT2D eigenvalue weighted by molar-refractivity contribution is 9.10. The van der Waals surface area contributed by atoms with Gasteiger partial charge < -0.3 is 11.1 Å². The molecule has 0 aliphatic heterocycles. The Morgan fingerprint density at radius 3 is 2.70 bits per heavy atom. The van der Waals surface area contributed by atoms with Crippen LogP contribution in [0.4, 0.5) is 9.93 Å². The molecule has 0 radical (unpaired) electrons. The van der Waals surface area contributed by atoms with Gasteiger partial charge in [-0.1, -0.05) is 41.9 Å². The average molecular weight is 397 g/mol. The van der Waals surface area contributed by atoms with E-state index < -0.39 is 0 Å². The number of rotatable bonds is 6. The van der Waals surface area contributed by atoms with Crippen LogP contribution in [-0.4, -0.2) is 24.1 Å². The molecule has 2 rings (SSSR count). The summed E-state index contributed by atoms with van der Waals surface area (Å²) in [5.74, 6) is 0. The number of carbonyl (C=O) groups is 1. The minimum absolute atomic E-state index is 0.229. The van der Waals surface area contributed by atoms with E-state index in [1.54, 1.807) is 0 Å². The van der Waals surface area contributed by atoms with E-state index in [9.17, 15) is 4.79 Å². The van der Waals surface area contributed by atoms with Gasteiger partial charge in [0.25, 0.3) is 0 Å². The quantitative estimate of drug-likeness (QED) is 0.651. The van der Waals surface area contributed by atoms with Crippen molar-refractivity contribution in [2.75, 3.05) is 18.4 Å². The summed E-state index contributed by atoms with van der Waals surface area (Å²) in [6.45, 7) is 5.36. The lowest BCUT2D eigenvalue weighted by molar-refractivity contribution is 0.252. The number of hydrogen-bond donors (Lipinski definition) is 3. The number of halogens is 1. The van der Waals surface area contributed by atoms with Gasteiger partial charge in [0.05, 0.1) is 5.69 Å². The minimum Gasteiger partial charge on any atom is -0.338 e. The molecule has 0 aliphatic rings. The van der Waals surface area contributed by atoms with E-state index in [4.69, 9.17) is 5.73 Å². The molecule has 23 heavy (non-hydrogen) atoms. The van der Waals surface area contributed by atoms with Gasteiger partial charge in [-0.05, 0) is 30.7 Å². The number of hydrogen-bond acceptors (Lipinski definition) is 4. The van der Waals surface area contributed by atoms with Crippen LogP contribution in [-0.2, 0) is 5.41 Å². The van der Waals surface area contributed by atoms with E-state index in [0.29, 0.717) is 18.2 Å². The number of amides is 2. The van der Waals surface area contributed by atoms with Crippen LogP contribution in [0, 0.1) is 0 Å². The standard InChI is InChI=1S/C16H21BrN4OS/c1-16(2,11-4-6-12(17)7-5-11)13-10-23-15(20-13)21-14(22)19-9-3-8-18/h4-7,10H,3,8-9,18H2,1-2H3,(H2,19,20,21,22). The summed E-state index contributed by atoms with van der Waals surface area (Å²) in [7, 11) is 0. The van der Waals surface area contributed by atoms with Gasteiger partial charge in [-0.2, -0.15) is 0 Å². The van der Waals surface area contributed by atoms with Crippen LogP contribution < -0.4 is 16.4 Å². The smallest absolute Gasteiger partial charge is 0.321 e. The van der Waals surface area contributed by atoms with Crippen molar-refractivity contribution in [3.63, 3.8) is 0 Å². The molecule has 0 bridgehead atoms. The molecule has 0 spiro atoms. The third kappa shape index (κ3) is 4.76. The number of carbonyl (C=O) groups excluding carboxylic acids is 1. The van der Waals surface area contributed by atoms with E-state index in [1.807, 2.05) is 17.5 Å². The van der Waals surface area contributed by atoms with Crippen molar-refractivity contribution in [2.45, 2.75) is 25.7 Å². The third-order valence-corrected chi connectivity index (χ3v) is 4.88. The van der Waals surface area contributed by atoms with E-state index in [2.05, 4.69) is 57.5 Å². The number of anilines is 1. The molecule has 0 saturated heterocycles. The lowest BCUT2D eigenvalue weighted by Gasteiger charge is -2.23. The van der Waals surface area contributed by atoms with Gasteiger partial charge in [0, 0.05) is 21.8 Å². The summed E-state index contributed by atoms with van der Waals surface area (Å²) in [4.78, 5) is 16.3. The van der Waals surface area contributed by atoms with Crippen molar-refractivity contribution >= 4 is 38.4 Å². The van der Waals surface area contributed by atoms with Crippen molar-refractivity contribution in [1.29, 1.82) is 0 Å². The molecule has 1 heterocycles. The van der Waals surface area contributed by atoms with Crippen LogP contribution in [0.1, 0.15) is 31.5 Å². The lowest BCUT2D eigenvalue weighted by atomic mass is 9.82. The van der Waals surface area contributed by atoms with Crippen molar-refractivity contribution in [2.24, 2.45) is 5.73 Å². The van der Waals surface area contributed by atoms with E-state index in [1.165, 1.54) is 16.9 Å². The molecule has 0 saturated carbocycles. The molecule has 0 aliphatic carbocycles. The Balaban J connectivity index is 2.05. The molecule has 0 atom stereocenters. The molecule has 1 aromatic carbocycles. The number of benzene rings is 1. The van der Waals surface area contributed by atoms with E-state index >= 15 is 0 Å². The van der Waals surface area contributed by atoms with Gasteiger partial charge in [0.2, 0.25) is 0 Å². The second-order valence-electron chi connectivity index (χ2n) is 5.69. The molecule has 2 aromatic rings. The van der Waals surface area contributed by atoms with Crippen LogP contribution in [0.15, 0.2) is 34.1 Å². The predicted molar refractivity (Wildman–Crippen MR) is 99.1 cm³/mol. The number of nitrogens with zero attached hydrogens (tertiary/aromatic N) is 1. The first kappa shape index (κ1) is 17.9. The van der Waals surface area contributed by atoms with Crippen molar-refractivity contribution in [3.8, 4) is 0 Å². The molecule has 1 aromatic heterocycles. The Bertz CT molecular complexity index is 654. The topological polar surface area (TPSA) is 80.0 Å². The summed E-state index contributed by atoms with van der Waals surface area (Å²) in [6, 6.07) is 7.95. The largest absolute Gasteiger partial charge is 0.338 e. The van der Waals surface area contributed by atoms with Crippen molar-refractivity contribution in [1.82, 2.24) is 10.3 Å². The zero-order chi connectivity index (χ0) is 16.9. The maximum absolute atomic E-state index is 11.8. The fraction of sp³-hybridized carbons (Fsp3) is 0.375. The second kappa shape index (κ2) is 7.90. The number of urea groups is 1. The monoisotopic (exact) mass is 396 g/mol. The van der Waals surface area contributed by atoms with Gasteiger partial charge in [-0.25, -0.2) is 9.78 Å². The minimum atomic E-state index is -0.249. The Morgan fingerprint density at radius 2 is 2.04 bits per heavy atom. The predicted octanol–water partition coefficient (Wildman–Crippen LogP) is 3.70.